The first-order valence-electron chi connectivity index (χ1n) is 10.2. The number of ether oxygens (including phenoxy) is 1. The number of carbonyl (C=O) groups is 1. The van der Waals surface area contributed by atoms with Crippen molar-refractivity contribution in [3.05, 3.63) is 70.1 Å². The number of guanidine groups is 1. The van der Waals surface area contributed by atoms with E-state index in [-0.39, 0.29) is 35.6 Å². The third-order valence-corrected chi connectivity index (χ3v) is 5.04. The Morgan fingerprint density at radius 3 is 2.29 bits per heavy atom. The van der Waals surface area contributed by atoms with Gasteiger partial charge in [-0.15, -0.1) is 24.0 Å². The molecule has 1 amide bonds. The van der Waals surface area contributed by atoms with Crippen molar-refractivity contribution in [2.24, 2.45) is 4.99 Å². The second-order valence-corrected chi connectivity index (χ2v) is 7.06. The molecule has 0 aliphatic carbocycles. The maximum atomic E-state index is 11.8. The van der Waals surface area contributed by atoms with E-state index in [2.05, 4.69) is 27.3 Å². The predicted molar refractivity (Wildman–Crippen MR) is 132 cm³/mol. The van der Waals surface area contributed by atoms with Gasteiger partial charge < -0.3 is 24.4 Å². The highest BCUT2D eigenvalue weighted by atomic mass is 127. The minimum Gasteiger partial charge on any atom is -0.450 e. The molecule has 168 valence electrons. The van der Waals surface area contributed by atoms with Gasteiger partial charge in [-0.05, 0) is 24.1 Å². The number of aromatic nitrogens is 1. The number of hydrogen-bond acceptors (Lipinski definition) is 4. The number of benzene rings is 1. The number of rotatable bonds is 5. The van der Waals surface area contributed by atoms with Crippen LogP contribution in [0, 0.1) is 0 Å². The molecule has 1 N–H and O–H groups in total. The lowest BCUT2D eigenvalue weighted by Gasteiger charge is -2.35. The van der Waals surface area contributed by atoms with Crippen molar-refractivity contribution in [2.75, 3.05) is 39.8 Å². The Bertz CT molecular complexity index is 921. The second kappa shape index (κ2) is 12.3. The second-order valence-electron chi connectivity index (χ2n) is 7.06. The van der Waals surface area contributed by atoms with Crippen LogP contribution in [0.3, 0.4) is 0 Å². The van der Waals surface area contributed by atoms with Crippen LogP contribution in [0.15, 0.2) is 58.4 Å². The average molecular weight is 539 g/mol. The van der Waals surface area contributed by atoms with Crippen LogP contribution in [0.25, 0.3) is 0 Å². The summed E-state index contributed by atoms with van der Waals surface area (Å²) in [6, 6.07) is 13.4. The minimum atomic E-state index is -0.252. The fourth-order valence-corrected chi connectivity index (χ4v) is 3.38. The molecule has 0 bridgehead atoms. The molecule has 0 atom stereocenters. The van der Waals surface area contributed by atoms with E-state index in [1.807, 2.05) is 25.1 Å². The van der Waals surface area contributed by atoms with Gasteiger partial charge in [-0.25, -0.2) is 4.79 Å². The number of nitrogens with zero attached hydrogens (tertiary/aromatic N) is 4. The predicted octanol–water partition coefficient (Wildman–Crippen LogP) is 2.36. The smallest absolute Gasteiger partial charge is 0.409 e. The summed E-state index contributed by atoms with van der Waals surface area (Å²) in [5, 5.41) is 3.39. The monoisotopic (exact) mass is 539 g/mol. The van der Waals surface area contributed by atoms with Gasteiger partial charge in [-0.2, -0.15) is 0 Å². The number of hydrogen-bond donors (Lipinski definition) is 1. The molecule has 31 heavy (non-hydrogen) atoms. The van der Waals surface area contributed by atoms with Gasteiger partial charge in [0.25, 0.3) is 5.56 Å². The fraction of sp³-hybridized carbons (Fsp3) is 0.409. The lowest BCUT2D eigenvalue weighted by molar-refractivity contribution is 0.0914. The Hall–Kier alpha value is -2.56. The first-order chi connectivity index (χ1) is 14.6. The van der Waals surface area contributed by atoms with Crippen molar-refractivity contribution in [1.82, 2.24) is 19.7 Å². The summed E-state index contributed by atoms with van der Waals surface area (Å²) in [6.45, 7) is 6.07. The van der Waals surface area contributed by atoms with E-state index in [0.717, 1.165) is 17.1 Å². The highest BCUT2D eigenvalue weighted by Gasteiger charge is 2.23. The van der Waals surface area contributed by atoms with E-state index in [4.69, 9.17) is 4.74 Å². The number of piperazine rings is 1. The summed E-state index contributed by atoms with van der Waals surface area (Å²) in [4.78, 5) is 31.9. The Labute approximate surface area is 199 Å². The number of halogens is 1. The Morgan fingerprint density at radius 1 is 1.03 bits per heavy atom. The van der Waals surface area contributed by atoms with Gasteiger partial charge in [0.05, 0.1) is 13.2 Å². The van der Waals surface area contributed by atoms with Crippen LogP contribution >= 0.6 is 24.0 Å². The summed E-state index contributed by atoms with van der Waals surface area (Å²) in [5.74, 6) is 0.818. The van der Waals surface area contributed by atoms with Crippen molar-refractivity contribution in [1.29, 1.82) is 0 Å². The molecule has 1 aliphatic rings. The summed E-state index contributed by atoms with van der Waals surface area (Å²) in [7, 11) is 1.76. The van der Waals surface area contributed by atoms with E-state index in [1.165, 1.54) is 0 Å². The van der Waals surface area contributed by atoms with Crippen molar-refractivity contribution in [3.63, 3.8) is 0 Å². The maximum absolute atomic E-state index is 11.8. The highest BCUT2D eigenvalue weighted by molar-refractivity contribution is 14.0. The highest BCUT2D eigenvalue weighted by Crippen LogP contribution is 2.08. The first-order valence-corrected chi connectivity index (χ1v) is 10.2. The van der Waals surface area contributed by atoms with E-state index >= 15 is 0 Å². The van der Waals surface area contributed by atoms with E-state index in [0.29, 0.717) is 45.9 Å². The molecule has 0 radical (unpaired) electrons. The summed E-state index contributed by atoms with van der Waals surface area (Å²) in [5.41, 5.74) is 2.20. The zero-order valence-electron chi connectivity index (χ0n) is 18.0. The normalized spacial score (nSPS) is 14.1. The molecule has 1 saturated heterocycles. The van der Waals surface area contributed by atoms with Crippen LogP contribution < -0.4 is 10.9 Å². The summed E-state index contributed by atoms with van der Waals surface area (Å²) < 4.78 is 6.75. The van der Waals surface area contributed by atoms with Gasteiger partial charge in [0.15, 0.2) is 5.96 Å². The van der Waals surface area contributed by atoms with Crippen LogP contribution in [0.2, 0.25) is 0 Å². The third kappa shape index (κ3) is 6.98. The Morgan fingerprint density at radius 2 is 1.68 bits per heavy atom. The number of nitrogens with one attached hydrogen (secondary N) is 1. The Balaban J connectivity index is 0.00000341. The van der Waals surface area contributed by atoms with Crippen molar-refractivity contribution in [3.8, 4) is 0 Å². The molecule has 8 nitrogen and oxygen atoms in total. The molecule has 0 unspecified atom stereocenters. The van der Waals surface area contributed by atoms with Crippen LogP contribution in [0.5, 0.6) is 0 Å². The molecular weight excluding hydrogens is 509 g/mol. The lowest BCUT2D eigenvalue weighted by Crippen LogP contribution is -2.53. The van der Waals surface area contributed by atoms with E-state index in [1.54, 1.807) is 34.8 Å². The average Bonchev–Trinajstić information content (AvgIpc) is 2.77. The topological polar surface area (TPSA) is 79.2 Å². The quantitative estimate of drug-likeness (QED) is 0.359. The third-order valence-electron chi connectivity index (χ3n) is 5.04. The maximum Gasteiger partial charge on any atom is 0.409 e. The zero-order valence-corrected chi connectivity index (χ0v) is 20.3. The number of pyridine rings is 1. The van der Waals surface area contributed by atoms with Crippen molar-refractivity contribution >= 4 is 36.0 Å². The van der Waals surface area contributed by atoms with Gasteiger partial charge in [0.1, 0.15) is 0 Å². The lowest BCUT2D eigenvalue weighted by atomic mass is 10.1. The zero-order chi connectivity index (χ0) is 21.3. The molecule has 3 rings (SSSR count). The summed E-state index contributed by atoms with van der Waals surface area (Å²) in [6.07, 6.45) is 1.54. The summed E-state index contributed by atoms with van der Waals surface area (Å²) >= 11 is 0. The van der Waals surface area contributed by atoms with Crippen LogP contribution in [0.1, 0.15) is 18.1 Å². The van der Waals surface area contributed by atoms with Gasteiger partial charge >= 0.3 is 6.09 Å². The molecule has 2 heterocycles. The van der Waals surface area contributed by atoms with Gasteiger partial charge in [-0.3, -0.25) is 9.79 Å². The molecule has 1 aliphatic heterocycles. The SMILES string of the molecule is CCOC(=O)N1CCN(C(=NC)NCc2ccc(Cn3ccccc3=O)cc2)CC1.I. The first kappa shape index (κ1) is 24.7. The molecule has 1 aromatic heterocycles. The molecular formula is C22H30IN5O3. The molecule has 0 spiro atoms. The molecule has 9 heteroatoms. The number of aliphatic imine (C=N–C) groups is 1. The Kier molecular flexibility index (Phi) is 9.83. The largest absolute Gasteiger partial charge is 0.450 e. The minimum absolute atomic E-state index is 0. The molecule has 0 saturated carbocycles. The van der Waals surface area contributed by atoms with Crippen LogP contribution in [-0.2, 0) is 17.8 Å². The van der Waals surface area contributed by atoms with Gasteiger partial charge in [0, 0.05) is 52.0 Å². The standard InChI is InChI=1S/C22H29N5O3.HI/c1-3-30-22(29)26-14-12-25(13-15-26)21(23-2)24-16-18-7-9-19(10-8-18)17-27-11-5-4-6-20(27)28;/h4-11H,3,12-17H2,1-2H3,(H,23,24);1H. The van der Waals surface area contributed by atoms with Gasteiger partial charge in [-0.1, -0.05) is 30.3 Å². The fourth-order valence-electron chi connectivity index (χ4n) is 3.38. The van der Waals surface area contributed by atoms with E-state index in [9.17, 15) is 9.59 Å². The van der Waals surface area contributed by atoms with Crippen LogP contribution in [0.4, 0.5) is 4.79 Å². The number of amides is 1. The van der Waals surface area contributed by atoms with Crippen molar-refractivity contribution in [2.45, 2.75) is 20.0 Å². The van der Waals surface area contributed by atoms with E-state index < -0.39 is 0 Å². The molecule has 1 fully saturated rings. The van der Waals surface area contributed by atoms with Crippen molar-refractivity contribution < 1.29 is 9.53 Å². The number of carbonyl (C=O) groups excluding carboxylic acids is 1. The molecule has 1 aromatic carbocycles. The van der Waals surface area contributed by atoms with Gasteiger partial charge in [0.2, 0.25) is 0 Å². The van der Waals surface area contributed by atoms with Crippen LogP contribution in [-0.4, -0.2) is 66.3 Å². The molecule has 2 aromatic rings.